The molecule has 6 heteroatoms. The van der Waals surface area contributed by atoms with Gasteiger partial charge in [0, 0.05) is 13.0 Å². The number of hydrogen-bond donors (Lipinski definition) is 1. The van der Waals surface area contributed by atoms with Crippen LogP contribution in [-0.2, 0) is 19.1 Å². The van der Waals surface area contributed by atoms with E-state index in [9.17, 15) is 14.4 Å². The first kappa shape index (κ1) is 13.5. The van der Waals surface area contributed by atoms with Crippen molar-refractivity contribution in [3.05, 3.63) is 0 Å². The zero-order valence-corrected chi connectivity index (χ0v) is 10.2. The van der Waals surface area contributed by atoms with E-state index in [2.05, 4.69) is 5.32 Å². The summed E-state index contributed by atoms with van der Waals surface area (Å²) in [7, 11) is 0. The molecule has 0 radical (unpaired) electrons. The van der Waals surface area contributed by atoms with E-state index < -0.39 is 12.0 Å². The van der Waals surface area contributed by atoms with Crippen LogP contribution in [0.2, 0.25) is 0 Å². The van der Waals surface area contributed by atoms with Gasteiger partial charge in [0.1, 0.15) is 12.6 Å². The lowest BCUT2D eigenvalue weighted by molar-refractivity contribution is -0.149. The van der Waals surface area contributed by atoms with Crippen LogP contribution >= 0.6 is 0 Å². The van der Waals surface area contributed by atoms with Gasteiger partial charge in [0.05, 0.1) is 6.61 Å². The summed E-state index contributed by atoms with van der Waals surface area (Å²) in [5, 5.41) is 2.59. The highest BCUT2D eigenvalue weighted by molar-refractivity contribution is 5.92. The second-order valence-corrected chi connectivity index (χ2v) is 3.82. The molecule has 96 valence electrons. The number of nitrogens with one attached hydrogen (secondary N) is 1. The minimum absolute atomic E-state index is 0.0600. The summed E-state index contributed by atoms with van der Waals surface area (Å²) in [6, 6.07) is -0.489. The lowest BCUT2D eigenvalue weighted by atomic mass is 10.2. The number of ether oxygens (including phenoxy) is 1. The average Bonchev–Trinajstić information content (AvgIpc) is 2.72. The van der Waals surface area contributed by atoms with Gasteiger partial charge in [-0.3, -0.25) is 14.4 Å². The summed E-state index contributed by atoms with van der Waals surface area (Å²) >= 11 is 0. The highest BCUT2D eigenvalue weighted by atomic mass is 16.5. The summed E-state index contributed by atoms with van der Waals surface area (Å²) in [5.41, 5.74) is 0. The fourth-order valence-electron chi connectivity index (χ4n) is 1.73. The largest absolute Gasteiger partial charge is 0.465 e. The number of amides is 2. The van der Waals surface area contributed by atoms with Crippen LogP contribution in [0.25, 0.3) is 0 Å². The van der Waals surface area contributed by atoms with E-state index >= 15 is 0 Å². The first-order valence-electron chi connectivity index (χ1n) is 5.82. The van der Waals surface area contributed by atoms with E-state index in [0.29, 0.717) is 26.0 Å². The maximum absolute atomic E-state index is 12.0. The Balaban J connectivity index is 2.52. The van der Waals surface area contributed by atoms with E-state index in [0.717, 1.165) is 0 Å². The summed E-state index contributed by atoms with van der Waals surface area (Å²) in [6.45, 7) is 4.16. The first-order chi connectivity index (χ1) is 8.08. The number of carbonyl (C=O) groups is 3. The van der Waals surface area contributed by atoms with E-state index in [4.69, 9.17) is 4.74 Å². The first-order valence-corrected chi connectivity index (χ1v) is 5.82. The molecule has 0 aromatic heterocycles. The van der Waals surface area contributed by atoms with Gasteiger partial charge in [-0.1, -0.05) is 0 Å². The molecule has 0 aromatic carbocycles. The van der Waals surface area contributed by atoms with E-state index in [1.54, 1.807) is 13.8 Å². The van der Waals surface area contributed by atoms with Crippen LogP contribution < -0.4 is 5.32 Å². The van der Waals surface area contributed by atoms with Crippen LogP contribution in [0.4, 0.5) is 0 Å². The van der Waals surface area contributed by atoms with Crippen LogP contribution in [0.5, 0.6) is 0 Å². The maximum atomic E-state index is 12.0. The summed E-state index contributed by atoms with van der Waals surface area (Å²) in [6.07, 6.45) is 0.865. The third-order valence-electron chi connectivity index (χ3n) is 2.61. The van der Waals surface area contributed by atoms with Crippen molar-refractivity contribution in [2.75, 3.05) is 19.7 Å². The molecule has 2 amide bonds. The lowest BCUT2D eigenvalue weighted by Crippen LogP contribution is -2.46. The summed E-state index contributed by atoms with van der Waals surface area (Å²) < 4.78 is 4.79. The van der Waals surface area contributed by atoms with Gasteiger partial charge in [0.2, 0.25) is 11.8 Å². The van der Waals surface area contributed by atoms with Gasteiger partial charge >= 0.3 is 5.97 Å². The Hall–Kier alpha value is -1.59. The molecule has 1 fully saturated rings. The molecule has 1 atom stereocenters. The standard InChI is InChI=1S/C11H18N2O4/c1-3-13(7-10(15)17-4-2)11(16)8-5-6-9(14)12-8/h8H,3-7H2,1-2H3,(H,12,14)/t8-/m0/s1. The third-order valence-corrected chi connectivity index (χ3v) is 2.61. The molecular weight excluding hydrogens is 224 g/mol. The Morgan fingerprint density at radius 1 is 1.47 bits per heavy atom. The Bertz CT molecular complexity index is 317. The Kier molecular flexibility index (Phi) is 4.93. The van der Waals surface area contributed by atoms with Gasteiger partial charge in [-0.2, -0.15) is 0 Å². The van der Waals surface area contributed by atoms with Crippen LogP contribution in [0, 0.1) is 0 Å². The van der Waals surface area contributed by atoms with Crippen molar-refractivity contribution in [1.29, 1.82) is 0 Å². The van der Waals surface area contributed by atoms with Crippen molar-refractivity contribution in [2.24, 2.45) is 0 Å². The number of esters is 1. The number of nitrogens with zero attached hydrogens (tertiary/aromatic N) is 1. The lowest BCUT2D eigenvalue weighted by Gasteiger charge is -2.22. The fraction of sp³-hybridized carbons (Fsp3) is 0.727. The molecule has 1 rings (SSSR count). The quantitative estimate of drug-likeness (QED) is 0.670. The molecule has 0 saturated carbocycles. The van der Waals surface area contributed by atoms with Crippen molar-refractivity contribution >= 4 is 17.8 Å². The van der Waals surface area contributed by atoms with Crippen molar-refractivity contribution in [2.45, 2.75) is 32.7 Å². The number of hydrogen-bond acceptors (Lipinski definition) is 4. The predicted molar refractivity (Wildman–Crippen MR) is 60.1 cm³/mol. The maximum Gasteiger partial charge on any atom is 0.325 e. The molecule has 1 aliphatic rings. The molecule has 6 nitrogen and oxygen atoms in total. The molecular formula is C11H18N2O4. The van der Waals surface area contributed by atoms with Crippen molar-refractivity contribution in [1.82, 2.24) is 10.2 Å². The highest BCUT2D eigenvalue weighted by Gasteiger charge is 2.31. The van der Waals surface area contributed by atoms with Gasteiger partial charge < -0.3 is 15.0 Å². The van der Waals surface area contributed by atoms with Gasteiger partial charge in [-0.05, 0) is 20.3 Å². The molecule has 17 heavy (non-hydrogen) atoms. The second kappa shape index (κ2) is 6.22. The zero-order chi connectivity index (χ0) is 12.8. The van der Waals surface area contributed by atoms with Gasteiger partial charge in [-0.25, -0.2) is 0 Å². The van der Waals surface area contributed by atoms with Crippen molar-refractivity contribution in [3.63, 3.8) is 0 Å². The summed E-state index contributed by atoms with van der Waals surface area (Å²) in [5.74, 6) is -0.756. The normalized spacial score (nSPS) is 18.7. The van der Waals surface area contributed by atoms with E-state index in [-0.39, 0.29) is 18.4 Å². The monoisotopic (exact) mass is 242 g/mol. The van der Waals surface area contributed by atoms with E-state index in [1.807, 2.05) is 0 Å². The Morgan fingerprint density at radius 3 is 2.65 bits per heavy atom. The molecule has 0 aromatic rings. The molecule has 1 aliphatic heterocycles. The molecule has 1 N–H and O–H groups in total. The molecule has 1 saturated heterocycles. The van der Waals surface area contributed by atoms with Crippen LogP contribution in [-0.4, -0.2) is 48.4 Å². The smallest absolute Gasteiger partial charge is 0.325 e. The van der Waals surface area contributed by atoms with Crippen LogP contribution in [0.15, 0.2) is 0 Å². The summed E-state index contributed by atoms with van der Waals surface area (Å²) in [4.78, 5) is 35.7. The molecule has 1 heterocycles. The molecule has 0 aliphatic carbocycles. The number of rotatable bonds is 5. The van der Waals surface area contributed by atoms with Gasteiger partial charge in [0.25, 0.3) is 0 Å². The predicted octanol–water partition coefficient (Wildman–Crippen LogP) is -0.323. The molecule has 0 unspecified atom stereocenters. The fourth-order valence-corrected chi connectivity index (χ4v) is 1.73. The second-order valence-electron chi connectivity index (χ2n) is 3.82. The van der Waals surface area contributed by atoms with Crippen LogP contribution in [0.3, 0.4) is 0 Å². The SMILES string of the molecule is CCOC(=O)CN(CC)C(=O)[C@@H]1CCC(=O)N1. The Labute approximate surface area is 100 Å². The third kappa shape index (κ3) is 3.72. The molecule has 0 spiro atoms. The minimum Gasteiger partial charge on any atom is -0.465 e. The van der Waals surface area contributed by atoms with E-state index in [1.165, 1.54) is 4.90 Å². The minimum atomic E-state index is -0.489. The van der Waals surface area contributed by atoms with Gasteiger partial charge in [0.15, 0.2) is 0 Å². The zero-order valence-electron chi connectivity index (χ0n) is 10.2. The van der Waals surface area contributed by atoms with Crippen LogP contribution in [0.1, 0.15) is 26.7 Å². The Morgan fingerprint density at radius 2 is 2.18 bits per heavy atom. The highest BCUT2D eigenvalue weighted by Crippen LogP contribution is 2.09. The average molecular weight is 242 g/mol. The number of likely N-dealkylation sites (N-methyl/N-ethyl adjacent to an activating group) is 1. The van der Waals surface area contributed by atoms with Crippen molar-refractivity contribution < 1.29 is 19.1 Å². The number of carbonyl (C=O) groups excluding carboxylic acids is 3. The van der Waals surface area contributed by atoms with Gasteiger partial charge in [-0.15, -0.1) is 0 Å². The topological polar surface area (TPSA) is 75.7 Å². The van der Waals surface area contributed by atoms with Crippen molar-refractivity contribution in [3.8, 4) is 0 Å². The molecule has 0 bridgehead atoms.